The topological polar surface area (TPSA) is 57.6 Å². The summed E-state index contributed by atoms with van der Waals surface area (Å²) in [5, 5.41) is 10.7. The first-order valence-electron chi connectivity index (χ1n) is 8.09. The van der Waals surface area contributed by atoms with Crippen molar-refractivity contribution in [1.82, 2.24) is 0 Å². The van der Waals surface area contributed by atoms with Crippen molar-refractivity contribution in [3.05, 3.63) is 71.4 Å². The number of hydrogen-bond donors (Lipinski definition) is 1. The van der Waals surface area contributed by atoms with E-state index in [1.165, 1.54) is 4.31 Å². The number of aliphatic hydroxyl groups is 1. The number of nitrogens with zero attached hydrogens (tertiary/aromatic N) is 1. The Morgan fingerprint density at radius 3 is 2.42 bits per heavy atom. The van der Waals surface area contributed by atoms with Crippen LogP contribution in [0.4, 0.5) is 5.69 Å². The van der Waals surface area contributed by atoms with E-state index in [1.807, 2.05) is 19.1 Å². The van der Waals surface area contributed by atoms with Crippen LogP contribution in [0, 0.1) is 12.8 Å². The van der Waals surface area contributed by atoms with Crippen molar-refractivity contribution in [3.63, 3.8) is 0 Å². The lowest BCUT2D eigenvalue weighted by Gasteiger charge is -2.22. The summed E-state index contributed by atoms with van der Waals surface area (Å²) in [6, 6.07) is 14.0. The molecule has 4 nitrogen and oxygen atoms in total. The van der Waals surface area contributed by atoms with Gasteiger partial charge in [0.2, 0.25) is 0 Å². The summed E-state index contributed by atoms with van der Waals surface area (Å²) < 4.78 is 27.8. The third-order valence-electron chi connectivity index (χ3n) is 4.55. The Hall–Kier alpha value is -2.11. The smallest absolute Gasteiger partial charge is 0.268 e. The molecule has 1 unspecified atom stereocenters. The van der Waals surface area contributed by atoms with Crippen molar-refractivity contribution >= 4 is 15.7 Å². The Balaban J connectivity index is 1.88. The number of fused-ring (bicyclic) bond motifs is 1. The number of anilines is 1. The molecule has 1 aliphatic heterocycles. The van der Waals surface area contributed by atoms with Gasteiger partial charge in [-0.25, -0.2) is 12.7 Å². The number of allylic oxidation sites excluding steroid dienone is 1. The average Bonchev–Trinajstić information content (AvgIpc) is 3.33. The van der Waals surface area contributed by atoms with Crippen LogP contribution in [0.1, 0.15) is 30.1 Å². The molecule has 0 spiro atoms. The SMILES string of the molecule is Cc1ccc(S(=O)(=O)N2/C(=C\C3CC3)C(O)c3ccccc32)cc1. The fourth-order valence-corrected chi connectivity index (χ4v) is 4.61. The predicted octanol–water partition coefficient (Wildman–Crippen LogP) is 3.53. The lowest BCUT2D eigenvalue weighted by Crippen LogP contribution is -2.28. The summed E-state index contributed by atoms with van der Waals surface area (Å²) in [4.78, 5) is 0.235. The van der Waals surface area contributed by atoms with Crippen molar-refractivity contribution < 1.29 is 13.5 Å². The van der Waals surface area contributed by atoms with Crippen LogP contribution >= 0.6 is 0 Å². The minimum absolute atomic E-state index is 0.235. The third-order valence-corrected chi connectivity index (χ3v) is 6.31. The van der Waals surface area contributed by atoms with Gasteiger partial charge in [0.25, 0.3) is 10.0 Å². The quantitative estimate of drug-likeness (QED) is 0.929. The van der Waals surface area contributed by atoms with Crippen LogP contribution in [0.25, 0.3) is 0 Å². The minimum atomic E-state index is -3.76. The molecule has 1 N–H and O–H groups in total. The molecule has 0 aromatic heterocycles. The van der Waals surface area contributed by atoms with Crippen LogP contribution in [-0.4, -0.2) is 13.5 Å². The molecule has 1 saturated carbocycles. The maximum atomic E-state index is 13.2. The molecule has 0 amide bonds. The highest BCUT2D eigenvalue weighted by atomic mass is 32.2. The van der Waals surface area contributed by atoms with Gasteiger partial charge in [-0.1, -0.05) is 42.0 Å². The molecule has 1 fully saturated rings. The van der Waals surface area contributed by atoms with E-state index in [2.05, 4.69) is 0 Å². The lowest BCUT2D eigenvalue weighted by molar-refractivity contribution is 0.221. The first kappa shape index (κ1) is 15.4. The summed E-state index contributed by atoms with van der Waals surface area (Å²) in [5.74, 6) is 0.361. The summed E-state index contributed by atoms with van der Waals surface area (Å²) >= 11 is 0. The molecule has 2 aromatic carbocycles. The van der Waals surface area contributed by atoms with Crippen molar-refractivity contribution in [2.45, 2.75) is 30.8 Å². The molecule has 0 saturated heterocycles. The fourth-order valence-electron chi connectivity index (χ4n) is 3.06. The van der Waals surface area contributed by atoms with E-state index in [1.54, 1.807) is 42.5 Å². The molecule has 0 radical (unpaired) electrons. The second-order valence-electron chi connectivity index (χ2n) is 6.47. The molecule has 1 aliphatic carbocycles. The van der Waals surface area contributed by atoms with E-state index in [-0.39, 0.29) is 4.90 Å². The van der Waals surface area contributed by atoms with E-state index >= 15 is 0 Å². The highest BCUT2D eigenvalue weighted by molar-refractivity contribution is 7.93. The number of hydrogen-bond acceptors (Lipinski definition) is 3. The standard InChI is InChI=1S/C19H19NO3S/c1-13-6-10-15(11-7-13)24(22,23)20-17-5-3-2-4-16(17)19(21)18(20)12-14-8-9-14/h2-7,10-12,14,19,21H,8-9H2,1H3/b18-12-. The number of rotatable bonds is 3. The maximum Gasteiger partial charge on any atom is 0.268 e. The van der Waals surface area contributed by atoms with Crippen LogP contribution in [-0.2, 0) is 10.0 Å². The monoisotopic (exact) mass is 341 g/mol. The molecule has 2 aliphatic rings. The van der Waals surface area contributed by atoms with Gasteiger partial charge in [0.1, 0.15) is 6.10 Å². The normalized spacial score (nSPS) is 22.0. The zero-order valence-electron chi connectivity index (χ0n) is 13.4. The van der Waals surface area contributed by atoms with Crippen molar-refractivity contribution in [2.75, 3.05) is 4.31 Å². The zero-order chi connectivity index (χ0) is 16.9. The second-order valence-corrected chi connectivity index (χ2v) is 8.26. The van der Waals surface area contributed by atoms with Crippen LogP contribution in [0.15, 0.2) is 65.2 Å². The highest BCUT2D eigenvalue weighted by Gasteiger charge is 2.41. The predicted molar refractivity (Wildman–Crippen MR) is 93.1 cm³/mol. The van der Waals surface area contributed by atoms with E-state index < -0.39 is 16.1 Å². The maximum absolute atomic E-state index is 13.2. The number of sulfonamides is 1. The van der Waals surface area contributed by atoms with Gasteiger partial charge in [0.05, 0.1) is 16.3 Å². The van der Waals surface area contributed by atoms with Gasteiger partial charge in [0, 0.05) is 5.56 Å². The van der Waals surface area contributed by atoms with Crippen LogP contribution in [0.2, 0.25) is 0 Å². The Labute approximate surface area is 142 Å². The Morgan fingerprint density at radius 1 is 1.08 bits per heavy atom. The summed E-state index contributed by atoms with van der Waals surface area (Å²) in [7, 11) is -3.76. The highest BCUT2D eigenvalue weighted by Crippen LogP contribution is 2.47. The summed E-state index contributed by atoms with van der Waals surface area (Å²) in [5.41, 5.74) is 2.64. The molecule has 2 aromatic rings. The van der Waals surface area contributed by atoms with E-state index in [4.69, 9.17) is 0 Å². The largest absolute Gasteiger partial charge is 0.382 e. The van der Waals surface area contributed by atoms with Gasteiger partial charge in [-0.2, -0.15) is 0 Å². The van der Waals surface area contributed by atoms with E-state index in [0.717, 1.165) is 18.4 Å². The lowest BCUT2D eigenvalue weighted by atomic mass is 10.1. The number of benzene rings is 2. The van der Waals surface area contributed by atoms with Gasteiger partial charge < -0.3 is 5.11 Å². The Kier molecular flexibility index (Phi) is 3.51. The molecule has 24 heavy (non-hydrogen) atoms. The van der Waals surface area contributed by atoms with Gasteiger partial charge in [-0.15, -0.1) is 0 Å². The Morgan fingerprint density at radius 2 is 1.75 bits per heavy atom. The second kappa shape index (κ2) is 5.46. The van der Waals surface area contributed by atoms with Gasteiger partial charge >= 0.3 is 0 Å². The van der Waals surface area contributed by atoms with Crippen LogP contribution < -0.4 is 4.31 Å². The van der Waals surface area contributed by atoms with Crippen molar-refractivity contribution in [1.29, 1.82) is 0 Å². The third kappa shape index (κ3) is 2.44. The van der Waals surface area contributed by atoms with Gasteiger partial charge in [-0.05, 0) is 43.9 Å². The summed E-state index contributed by atoms with van der Waals surface area (Å²) in [6.45, 7) is 1.92. The first-order valence-corrected chi connectivity index (χ1v) is 9.53. The van der Waals surface area contributed by atoms with Gasteiger partial charge in [-0.3, -0.25) is 0 Å². The van der Waals surface area contributed by atoms with Crippen molar-refractivity contribution in [3.8, 4) is 0 Å². The molecule has 1 atom stereocenters. The molecule has 0 bridgehead atoms. The fraction of sp³-hybridized carbons (Fsp3) is 0.263. The molecule has 124 valence electrons. The summed E-state index contributed by atoms with van der Waals surface area (Å²) in [6.07, 6.45) is 3.11. The first-order chi connectivity index (χ1) is 11.5. The van der Waals surface area contributed by atoms with E-state index in [0.29, 0.717) is 22.9 Å². The van der Waals surface area contributed by atoms with Gasteiger partial charge in [0.15, 0.2) is 0 Å². The average molecular weight is 341 g/mol. The molecular formula is C19H19NO3S. The molecule has 1 heterocycles. The molecular weight excluding hydrogens is 322 g/mol. The zero-order valence-corrected chi connectivity index (χ0v) is 14.2. The Bertz CT molecular complexity index is 912. The number of aliphatic hydroxyl groups excluding tert-OH is 1. The van der Waals surface area contributed by atoms with Crippen LogP contribution in [0.5, 0.6) is 0 Å². The number of aryl methyl sites for hydroxylation is 1. The van der Waals surface area contributed by atoms with E-state index in [9.17, 15) is 13.5 Å². The minimum Gasteiger partial charge on any atom is -0.382 e. The molecule has 5 heteroatoms. The molecule has 4 rings (SSSR count). The van der Waals surface area contributed by atoms with Crippen LogP contribution in [0.3, 0.4) is 0 Å². The van der Waals surface area contributed by atoms with Crippen molar-refractivity contribution in [2.24, 2.45) is 5.92 Å². The number of para-hydroxylation sites is 1.